The Hall–Kier alpha value is -1.34. The summed E-state index contributed by atoms with van der Waals surface area (Å²) in [6.45, 7) is 6.48. The highest BCUT2D eigenvalue weighted by Gasteiger charge is 2.14. The first-order valence-corrected chi connectivity index (χ1v) is 6.07. The molecule has 88 valence electrons. The summed E-state index contributed by atoms with van der Waals surface area (Å²) in [5, 5.41) is 0.752. The highest BCUT2D eigenvalue weighted by Crippen LogP contribution is 2.25. The first kappa shape index (κ1) is 12.1. The molecule has 2 aromatic rings. The zero-order valence-electron chi connectivity index (χ0n) is 10.4. The van der Waals surface area contributed by atoms with Gasteiger partial charge in [0.15, 0.2) is 0 Å². The van der Waals surface area contributed by atoms with Crippen molar-refractivity contribution < 1.29 is 0 Å². The van der Waals surface area contributed by atoms with E-state index in [1.165, 1.54) is 0 Å². The Morgan fingerprint density at radius 2 is 1.76 bits per heavy atom. The van der Waals surface area contributed by atoms with E-state index < -0.39 is 0 Å². The molecule has 0 aliphatic carbocycles. The van der Waals surface area contributed by atoms with E-state index in [1.54, 1.807) is 0 Å². The van der Waals surface area contributed by atoms with Crippen molar-refractivity contribution in [1.82, 2.24) is 4.98 Å². The second kappa shape index (κ2) is 4.50. The zero-order chi connectivity index (χ0) is 12.5. The molecule has 0 unspecified atom stereocenters. The molecule has 0 fully saturated rings. The van der Waals surface area contributed by atoms with Gasteiger partial charge < -0.3 is 0 Å². The molecular weight excluding hydrogens is 230 g/mol. The predicted octanol–water partition coefficient (Wildman–Crippen LogP) is 4.70. The van der Waals surface area contributed by atoms with Gasteiger partial charge in [0, 0.05) is 27.9 Å². The molecule has 0 aliphatic heterocycles. The molecule has 0 spiro atoms. The topological polar surface area (TPSA) is 12.9 Å². The minimum Gasteiger partial charge on any atom is -0.260 e. The van der Waals surface area contributed by atoms with Gasteiger partial charge in [0.2, 0.25) is 0 Å². The molecule has 0 bridgehead atoms. The third-order valence-corrected chi connectivity index (χ3v) is 2.92. The molecule has 0 aliphatic rings. The van der Waals surface area contributed by atoms with E-state index in [0.29, 0.717) is 0 Å². The third-order valence-electron chi connectivity index (χ3n) is 2.69. The fraction of sp³-hybridized carbons (Fsp3) is 0.267. The van der Waals surface area contributed by atoms with Crippen molar-refractivity contribution in [2.24, 2.45) is 0 Å². The van der Waals surface area contributed by atoms with Gasteiger partial charge in [-0.2, -0.15) is 0 Å². The van der Waals surface area contributed by atoms with Gasteiger partial charge in [-0.1, -0.05) is 50.6 Å². The van der Waals surface area contributed by atoms with E-state index in [-0.39, 0.29) is 5.41 Å². The van der Waals surface area contributed by atoms with Crippen LogP contribution in [0.2, 0.25) is 5.02 Å². The van der Waals surface area contributed by atoms with Crippen molar-refractivity contribution in [2.75, 3.05) is 0 Å². The summed E-state index contributed by atoms with van der Waals surface area (Å²) in [7, 11) is 0. The van der Waals surface area contributed by atoms with E-state index in [2.05, 4.69) is 37.9 Å². The lowest BCUT2D eigenvalue weighted by atomic mass is 9.91. The van der Waals surface area contributed by atoms with Crippen LogP contribution in [0, 0.1) is 0 Å². The number of hydrogen-bond acceptors (Lipinski definition) is 1. The molecule has 0 atom stereocenters. The average Bonchev–Trinajstić information content (AvgIpc) is 2.28. The highest BCUT2D eigenvalue weighted by atomic mass is 35.5. The zero-order valence-corrected chi connectivity index (χ0v) is 11.1. The number of aromatic nitrogens is 1. The summed E-state index contributed by atoms with van der Waals surface area (Å²) in [6, 6.07) is 12.0. The molecule has 0 N–H and O–H groups in total. The minimum absolute atomic E-state index is 0.0901. The molecule has 1 nitrogen and oxygen atoms in total. The van der Waals surface area contributed by atoms with E-state index in [1.807, 2.05) is 30.5 Å². The summed E-state index contributed by atoms with van der Waals surface area (Å²) in [6.07, 6.45) is 1.91. The maximum absolute atomic E-state index is 5.98. The normalized spacial score (nSPS) is 11.5. The van der Waals surface area contributed by atoms with E-state index in [4.69, 9.17) is 11.6 Å². The smallest absolute Gasteiger partial charge is 0.0457 e. The third kappa shape index (κ3) is 2.86. The van der Waals surface area contributed by atoms with Crippen LogP contribution in [-0.2, 0) is 5.41 Å². The molecule has 1 heterocycles. The fourth-order valence-corrected chi connectivity index (χ4v) is 1.87. The van der Waals surface area contributed by atoms with Crippen LogP contribution in [0.4, 0.5) is 0 Å². The molecule has 0 saturated heterocycles. The molecule has 2 heteroatoms. The number of nitrogens with zero attached hydrogens (tertiary/aromatic N) is 1. The second-order valence-electron chi connectivity index (χ2n) is 5.19. The minimum atomic E-state index is 0.0901. The van der Waals surface area contributed by atoms with Crippen LogP contribution in [0.5, 0.6) is 0 Å². The van der Waals surface area contributed by atoms with Crippen LogP contribution >= 0.6 is 11.6 Å². The van der Waals surface area contributed by atoms with Crippen LogP contribution in [0.25, 0.3) is 11.1 Å². The maximum Gasteiger partial charge on any atom is 0.0457 e. The van der Waals surface area contributed by atoms with Crippen LogP contribution < -0.4 is 0 Å². The summed E-state index contributed by atoms with van der Waals surface area (Å²) < 4.78 is 0. The Labute approximate surface area is 107 Å². The summed E-state index contributed by atoms with van der Waals surface area (Å²) in [5.41, 5.74) is 3.39. The molecule has 17 heavy (non-hydrogen) atoms. The molecule has 0 saturated carbocycles. The van der Waals surface area contributed by atoms with Gasteiger partial charge in [-0.3, -0.25) is 4.98 Å². The molecular formula is C15H16ClN. The number of hydrogen-bond donors (Lipinski definition) is 0. The second-order valence-corrected chi connectivity index (χ2v) is 5.63. The van der Waals surface area contributed by atoms with Crippen LogP contribution in [0.15, 0.2) is 42.6 Å². The first-order valence-electron chi connectivity index (χ1n) is 5.69. The first-order chi connectivity index (χ1) is 7.97. The van der Waals surface area contributed by atoms with Crippen molar-refractivity contribution in [3.8, 4) is 11.1 Å². The fourth-order valence-electron chi connectivity index (χ4n) is 1.68. The molecule has 1 aromatic heterocycles. The lowest BCUT2D eigenvalue weighted by Crippen LogP contribution is -2.12. The number of pyridine rings is 1. The van der Waals surface area contributed by atoms with E-state index in [0.717, 1.165) is 21.8 Å². The largest absolute Gasteiger partial charge is 0.260 e. The number of benzene rings is 1. The highest BCUT2D eigenvalue weighted by molar-refractivity contribution is 6.30. The van der Waals surface area contributed by atoms with Gasteiger partial charge in [-0.25, -0.2) is 0 Å². The van der Waals surface area contributed by atoms with Gasteiger partial charge in [-0.05, 0) is 23.8 Å². The van der Waals surface area contributed by atoms with Crippen molar-refractivity contribution in [2.45, 2.75) is 26.2 Å². The molecule has 0 amide bonds. The lowest BCUT2D eigenvalue weighted by molar-refractivity contribution is 0.569. The van der Waals surface area contributed by atoms with E-state index in [9.17, 15) is 0 Å². The lowest BCUT2D eigenvalue weighted by Gasteiger charge is -2.17. The average molecular weight is 246 g/mol. The van der Waals surface area contributed by atoms with Gasteiger partial charge in [0.1, 0.15) is 0 Å². The summed E-state index contributed by atoms with van der Waals surface area (Å²) in [4.78, 5) is 4.51. The van der Waals surface area contributed by atoms with Crippen molar-refractivity contribution in [1.29, 1.82) is 0 Å². The predicted molar refractivity (Wildman–Crippen MR) is 73.4 cm³/mol. The van der Waals surface area contributed by atoms with Crippen LogP contribution in [0.1, 0.15) is 26.5 Å². The molecule has 0 radical (unpaired) electrons. The van der Waals surface area contributed by atoms with Gasteiger partial charge in [-0.15, -0.1) is 0 Å². The Morgan fingerprint density at radius 3 is 2.29 bits per heavy atom. The number of halogens is 1. The quantitative estimate of drug-likeness (QED) is 0.710. The summed E-state index contributed by atoms with van der Waals surface area (Å²) in [5.74, 6) is 0. The summed E-state index contributed by atoms with van der Waals surface area (Å²) >= 11 is 5.98. The molecule has 2 rings (SSSR count). The van der Waals surface area contributed by atoms with Crippen molar-refractivity contribution >= 4 is 11.6 Å². The standard InChI is InChI=1S/C15H16ClN/c1-15(2,3)14-8-7-12(10-17-14)11-5-4-6-13(16)9-11/h4-10H,1-3H3. The van der Waals surface area contributed by atoms with Crippen molar-refractivity contribution in [3.63, 3.8) is 0 Å². The monoisotopic (exact) mass is 245 g/mol. The molecule has 1 aromatic carbocycles. The van der Waals surface area contributed by atoms with E-state index >= 15 is 0 Å². The Morgan fingerprint density at radius 1 is 1.00 bits per heavy atom. The van der Waals surface area contributed by atoms with Crippen molar-refractivity contribution in [3.05, 3.63) is 53.3 Å². The Kier molecular flexibility index (Phi) is 3.21. The number of rotatable bonds is 1. The Bertz CT molecular complexity index is 509. The maximum atomic E-state index is 5.98. The van der Waals surface area contributed by atoms with Crippen LogP contribution in [0.3, 0.4) is 0 Å². The SMILES string of the molecule is CC(C)(C)c1ccc(-c2cccc(Cl)c2)cn1. The van der Waals surface area contributed by atoms with Gasteiger partial charge in [0.25, 0.3) is 0 Å². The van der Waals surface area contributed by atoms with Crippen LogP contribution in [-0.4, -0.2) is 4.98 Å². The van der Waals surface area contributed by atoms with Gasteiger partial charge >= 0.3 is 0 Å². The van der Waals surface area contributed by atoms with Gasteiger partial charge in [0.05, 0.1) is 0 Å². The Balaban J connectivity index is 2.36.